The Morgan fingerprint density at radius 2 is 1.86 bits per heavy atom. The molecule has 0 radical (unpaired) electrons. The number of hydrogen-bond acceptors (Lipinski definition) is 4. The Bertz CT molecular complexity index is 791. The van der Waals surface area contributed by atoms with Gasteiger partial charge in [-0.25, -0.2) is 13.6 Å². The smallest absolute Gasteiger partial charge is 0.238 e. The van der Waals surface area contributed by atoms with Crippen LogP contribution in [0.15, 0.2) is 47.4 Å². The second kappa shape index (κ2) is 5.95. The van der Waals surface area contributed by atoms with Crippen molar-refractivity contribution in [3.63, 3.8) is 0 Å². The molecular formula is C15H15N3O2S. The highest BCUT2D eigenvalue weighted by Crippen LogP contribution is 2.20. The number of nitrogens with zero attached hydrogens (tertiary/aromatic N) is 1. The van der Waals surface area contributed by atoms with E-state index in [4.69, 9.17) is 10.4 Å². The minimum Gasteiger partial charge on any atom is -0.381 e. The lowest BCUT2D eigenvalue weighted by atomic mass is 10.1. The van der Waals surface area contributed by atoms with E-state index >= 15 is 0 Å². The predicted molar refractivity (Wildman–Crippen MR) is 81.0 cm³/mol. The summed E-state index contributed by atoms with van der Waals surface area (Å²) in [6, 6.07) is 14.0. The van der Waals surface area contributed by atoms with Crippen molar-refractivity contribution in [1.82, 2.24) is 0 Å². The summed E-state index contributed by atoms with van der Waals surface area (Å²) in [6.07, 6.45) is 0. The van der Waals surface area contributed by atoms with Gasteiger partial charge in [-0.3, -0.25) is 0 Å². The SMILES string of the molecule is Cc1ccc(S(N)(=O)=O)cc1NCc1ccc(C#N)cc1. The lowest BCUT2D eigenvalue weighted by Gasteiger charge is -2.11. The molecule has 21 heavy (non-hydrogen) atoms. The van der Waals surface area contributed by atoms with E-state index in [1.54, 1.807) is 18.2 Å². The summed E-state index contributed by atoms with van der Waals surface area (Å²) in [4.78, 5) is 0.0791. The summed E-state index contributed by atoms with van der Waals surface area (Å²) in [5.74, 6) is 0. The molecule has 0 saturated heterocycles. The summed E-state index contributed by atoms with van der Waals surface area (Å²) in [7, 11) is -3.71. The van der Waals surface area contributed by atoms with Gasteiger partial charge < -0.3 is 5.32 Å². The number of nitrogens with one attached hydrogen (secondary N) is 1. The molecule has 0 heterocycles. The highest BCUT2D eigenvalue weighted by atomic mass is 32.2. The van der Waals surface area contributed by atoms with Crippen LogP contribution in [0.3, 0.4) is 0 Å². The number of anilines is 1. The van der Waals surface area contributed by atoms with E-state index in [1.807, 2.05) is 19.1 Å². The van der Waals surface area contributed by atoms with Gasteiger partial charge in [0.15, 0.2) is 0 Å². The number of primary sulfonamides is 1. The molecule has 0 unspecified atom stereocenters. The van der Waals surface area contributed by atoms with E-state index in [2.05, 4.69) is 11.4 Å². The van der Waals surface area contributed by atoms with Gasteiger partial charge in [0.2, 0.25) is 10.0 Å². The average molecular weight is 301 g/mol. The van der Waals surface area contributed by atoms with Gasteiger partial charge in [0.1, 0.15) is 0 Å². The lowest BCUT2D eigenvalue weighted by Crippen LogP contribution is -2.13. The van der Waals surface area contributed by atoms with Gasteiger partial charge in [0.25, 0.3) is 0 Å². The molecule has 0 fully saturated rings. The van der Waals surface area contributed by atoms with Crippen LogP contribution >= 0.6 is 0 Å². The van der Waals surface area contributed by atoms with Gasteiger partial charge in [-0.05, 0) is 42.3 Å². The van der Waals surface area contributed by atoms with E-state index in [0.29, 0.717) is 17.8 Å². The maximum absolute atomic E-state index is 11.4. The Morgan fingerprint density at radius 1 is 1.19 bits per heavy atom. The fourth-order valence-electron chi connectivity index (χ4n) is 1.86. The minimum absolute atomic E-state index is 0.0791. The van der Waals surface area contributed by atoms with Crippen molar-refractivity contribution >= 4 is 15.7 Å². The molecule has 0 spiro atoms. The zero-order chi connectivity index (χ0) is 15.5. The molecule has 0 aliphatic rings. The molecule has 3 N–H and O–H groups in total. The molecule has 108 valence electrons. The monoisotopic (exact) mass is 301 g/mol. The van der Waals surface area contributed by atoms with E-state index < -0.39 is 10.0 Å². The fourth-order valence-corrected chi connectivity index (χ4v) is 2.40. The molecule has 0 aliphatic heterocycles. The van der Waals surface area contributed by atoms with Crippen LogP contribution in [0.5, 0.6) is 0 Å². The first-order valence-corrected chi connectivity index (χ1v) is 7.81. The van der Waals surface area contributed by atoms with E-state index in [-0.39, 0.29) is 4.90 Å². The van der Waals surface area contributed by atoms with Crippen LogP contribution in [0, 0.1) is 18.3 Å². The number of benzene rings is 2. The van der Waals surface area contributed by atoms with Crippen LogP contribution in [0.2, 0.25) is 0 Å². The van der Waals surface area contributed by atoms with Crippen molar-refractivity contribution < 1.29 is 8.42 Å². The first kappa shape index (κ1) is 15.0. The van der Waals surface area contributed by atoms with Crippen LogP contribution < -0.4 is 10.5 Å². The van der Waals surface area contributed by atoms with Crippen LogP contribution in [0.1, 0.15) is 16.7 Å². The van der Waals surface area contributed by atoms with Crippen molar-refractivity contribution in [3.8, 4) is 6.07 Å². The highest BCUT2D eigenvalue weighted by molar-refractivity contribution is 7.89. The molecule has 0 saturated carbocycles. The number of hydrogen-bond donors (Lipinski definition) is 2. The second-order valence-electron chi connectivity index (χ2n) is 4.68. The number of sulfonamides is 1. The van der Waals surface area contributed by atoms with Gasteiger partial charge >= 0.3 is 0 Å². The molecule has 0 atom stereocenters. The summed E-state index contributed by atoms with van der Waals surface area (Å²) in [6.45, 7) is 2.41. The zero-order valence-electron chi connectivity index (χ0n) is 11.5. The van der Waals surface area contributed by atoms with Crippen LogP contribution in [0.25, 0.3) is 0 Å². The third-order valence-electron chi connectivity index (χ3n) is 3.10. The summed E-state index contributed by atoms with van der Waals surface area (Å²) < 4.78 is 22.7. The van der Waals surface area contributed by atoms with E-state index in [0.717, 1.165) is 11.1 Å². The van der Waals surface area contributed by atoms with Gasteiger partial charge in [0, 0.05) is 12.2 Å². The largest absolute Gasteiger partial charge is 0.381 e. The first-order chi connectivity index (χ1) is 9.90. The zero-order valence-corrected chi connectivity index (χ0v) is 12.3. The van der Waals surface area contributed by atoms with Crippen LogP contribution in [-0.4, -0.2) is 8.42 Å². The molecule has 0 aromatic heterocycles. The first-order valence-electron chi connectivity index (χ1n) is 6.26. The minimum atomic E-state index is -3.71. The maximum Gasteiger partial charge on any atom is 0.238 e. The Balaban J connectivity index is 2.17. The van der Waals surface area contributed by atoms with Gasteiger partial charge in [-0.1, -0.05) is 18.2 Å². The normalized spacial score (nSPS) is 10.9. The van der Waals surface area contributed by atoms with Crippen LogP contribution in [-0.2, 0) is 16.6 Å². The molecule has 2 rings (SSSR count). The Morgan fingerprint density at radius 3 is 2.43 bits per heavy atom. The predicted octanol–water partition coefficient (Wildman–Crippen LogP) is 2.13. The molecular weight excluding hydrogens is 286 g/mol. The van der Waals surface area contributed by atoms with Gasteiger partial charge in [0.05, 0.1) is 16.5 Å². The Kier molecular flexibility index (Phi) is 4.26. The van der Waals surface area contributed by atoms with Crippen molar-refractivity contribution in [1.29, 1.82) is 5.26 Å². The Labute approximate surface area is 124 Å². The van der Waals surface area contributed by atoms with Crippen molar-refractivity contribution in [3.05, 3.63) is 59.2 Å². The third kappa shape index (κ3) is 3.81. The van der Waals surface area contributed by atoms with Crippen molar-refractivity contribution in [2.45, 2.75) is 18.4 Å². The number of rotatable bonds is 4. The quantitative estimate of drug-likeness (QED) is 0.904. The average Bonchev–Trinajstić information content (AvgIpc) is 2.45. The summed E-state index contributed by atoms with van der Waals surface area (Å²) in [5.41, 5.74) is 3.24. The topological polar surface area (TPSA) is 96.0 Å². The van der Waals surface area contributed by atoms with Gasteiger partial charge in [-0.15, -0.1) is 0 Å². The van der Waals surface area contributed by atoms with E-state index in [1.165, 1.54) is 12.1 Å². The van der Waals surface area contributed by atoms with Gasteiger partial charge in [-0.2, -0.15) is 5.26 Å². The van der Waals surface area contributed by atoms with Crippen molar-refractivity contribution in [2.75, 3.05) is 5.32 Å². The van der Waals surface area contributed by atoms with E-state index in [9.17, 15) is 8.42 Å². The second-order valence-corrected chi connectivity index (χ2v) is 6.25. The third-order valence-corrected chi connectivity index (χ3v) is 4.01. The fraction of sp³-hybridized carbons (Fsp3) is 0.133. The summed E-state index contributed by atoms with van der Waals surface area (Å²) >= 11 is 0. The number of aryl methyl sites for hydroxylation is 1. The molecule has 5 nitrogen and oxygen atoms in total. The summed E-state index contributed by atoms with van der Waals surface area (Å²) in [5, 5.41) is 17.1. The molecule has 0 bridgehead atoms. The lowest BCUT2D eigenvalue weighted by molar-refractivity contribution is 0.598. The van der Waals surface area contributed by atoms with Crippen molar-refractivity contribution in [2.24, 2.45) is 5.14 Å². The maximum atomic E-state index is 11.4. The highest BCUT2D eigenvalue weighted by Gasteiger charge is 2.09. The molecule has 0 aliphatic carbocycles. The molecule has 2 aromatic rings. The molecule has 6 heteroatoms. The Hall–Kier alpha value is -2.36. The van der Waals surface area contributed by atoms with Crippen LogP contribution in [0.4, 0.5) is 5.69 Å². The standard InChI is InChI=1S/C15H15N3O2S/c1-11-2-7-14(21(17,19)20)8-15(11)18-10-13-5-3-12(9-16)4-6-13/h2-8,18H,10H2,1H3,(H2,17,19,20). The molecule has 2 aromatic carbocycles. The number of nitriles is 1. The number of nitrogens with two attached hydrogens (primary N) is 1. The molecule has 0 amide bonds.